The molecule has 0 unspecified atom stereocenters. The molecule has 0 aromatic carbocycles. The van der Waals surface area contributed by atoms with E-state index >= 15 is 0 Å². The van der Waals surface area contributed by atoms with Crippen LogP contribution in [0, 0.1) is 0 Å². The summed E-state index contributed by atoms with van der Waals surface area (Å²) in [7, 11) is 0. The molecular weight excluding hydrogens is 362 g/mol. The monoisotopic (exact) mass is 383 g/mol. The van der Waals surface area contributed by atoms with Gasteiger partial charge in [0.1, 0.15) is 10.8 Å². The van der Waals surface area contributed by atoms with Gasteiger partial charge in [-0.25, -0.2) is 0 Å². The minimum atomic E-state index is -0.244. The highest BCUT2D eigenvalue weighted by Gasteiger charge is 2.26. The largest absolute Gasteiger partial charge is 0.467 e. The molecule has 0 radical (unpaired) electrons. The van der Waals surface area contributed by atoms with Gasteiger partial charge >= 0.3 is 0 Å². The number of thiophene rings is 1. The van der Waals surface area contributed by atoms with E-state index in [1.807, 2.05) is 29.1 Å². The summed E-state index contributed by atoms with van der Waals surface area (Å²) in [5.41, 5.74) is 1.85. The number of furan rings is 1. The van der Waals surface area contributed by atoms with E-state index in [0.29, 0.717) is 17.9 Å². The molecule has 0 saturated carbocycles. The smallest absolute Gasteiger partial charge is 0.255 e. The third kappa shape index (κ3) is 3.83. The van der Waals surface area contributed by atoms with E-state index in [9.17, 15) is 9.59 Å². The number of aromatic nitrogens is 1. The molecule has 0 spiro atoms. The summed E-state index contributed by atoms with van der Waals surface area (Å²) in [5.74, 6) is 0.245. The number of hydrogen-bond donors (Lipinski definition) is 2. The van der Waals surface area contributed by atoms with Gasteiger partial charge in [0.15, 0.2) is 0 Å². The Hall–Kier alpha value is -2.80. The van der Waals surface area contributed by atoms with Gasteiger partial charge in [0.05, 0.1) is 24.9 Å². The van der Waals surface area contributed by atoms with Gasteiger partial charge < -0.3 is 19.6 Å². The van der Waals surface area contributed by atoms with Crippen molar-refractivity contribution in [2.45, 2.75) is 32.2 Å². The number of hydrogen-bond acceptors (Lipinski definition) is 4. The lowest BCUT2D eigenvalue weighted by Crippen LogP contribution is -2.37. The Morgan fingerprint density at radius 1 is 1.11 bits per heavy atom. The molecule has 3 aromatic heterocycles. The van der Waals surface area contributed by atoms with Gasteiger partial charge in [0.2, 0.25) is 5.91 Å². The predicted molar refractivity (Wildman–Crippen MR) is 103 cm³/mol. The van der Waals surface area contributed by atoms with Crippen LogP contribution in [0.25, 0.3) is 5.00 Å². The molecule has 1 aliphatic rings. The zero-order valence-electron chi connectivity index (χ0n) is 14.9. The maximum atomic E-state index is 12.9. The lowest BCUT2D eigenvalue weighted by Gasteiger charge is -2.13. The van der Waals surface area contributed by atoms with Crippen molar-refractivity contribution >= 4 is 23.2 Å². The SMILES string of the molecule is O=C(CNC(=O)c1c(-n2cccc2)sc2c1CCCC2)NCc1ccco1. The molecule has 27 heavy (non-hydrogen) atoms. The van der Waals surface area contributed by atoms with E-state index in [4.69, 9.17) is 4.42 Å². The Morgan fingerprint density at radius 2 is 1.93 bits per heavy atom. The number of nitrogens with zero attached hydrogens (tertiary/aromatic N) is 1. The van der Waals surface area contributed by atoms with Crippen LogP contribution >= 0.6 is 11.3 Å². The van der Waals surface area contributed by atoms with E-state index in [2.05, 4.69) is 10.6 Å². The van der Waals surface area contributed by atoms with Crippen molar-refractivity contribution in [1.29, 1.82) is 0 Å². The first kappa shape index (κ1) is 17.6. The Kier molecular flexibility index (Phi) is 5.11. The van der Waals surface area contributed by atoms with Crippen LogP contribution < -0.4 is 10.6 Å². The molecule has 1 aliphatic carbocycles. The third-order valence-electron chi connectivity index (χ3n) is 4.67. The molecule has 3 aromatic rings. The van der Waals surface area contributed by atoms with Crippen molar-refractivity contribution in [3.05, 3.63) is 64.7 Å². The van der Waals surface area contributed by atoms with Crippen molar-refractivity contribution in [2.75, 3.05) is 6.54 Å². The summed E-state index contributed by atoms with van der Waals surface area (Å²) >= 11 is 1.68. The molecule has 6 nitrogen and oxygen atoms in total. The van der Waals surface area contributed by atoms with E-state index in [1.54, 1.807) is 29.7 Å². The van der Waals surface area contributed by atoms with Gasteiger partial charge in [-0.3, -0.25) is 9.59 Å². The number of aryl methyl sites for hydroxylation is 1. The number of nitrogens with one attached hydrogen (secondary N) is 2. The fraction of sp³-hybridized carbons (Fsp3) is 0.300. The number of fused-ring (bicyclic) bond motifs is 1. The normalized spacial score (nSPS) is 13.2. The molecule has 0 aliphatic heterocycles. The van der Waals surface area contributed by atoms with Crippen LogP contribution in [0.2, 0.25) is 0 Å². The minimum absolute atomic E-state index is 0.0602. The number of carbonyl (C=O) groups is 2. The lowest BCUT2D eigenvalue weighted by atomic mass is 9.95. The molecular formula is C20H21N3O3S. The molecule has 4 rings (SSSR count). The topological polar surface area (TPSA) is 76.3 Å². The molecule has 0 bridgehead atoms. The second-order valence-corrected chi connectivity index (χ2v) is 7.60. The molecule has 2 N–H and O–H groups in total. The maximum Gasteiger partial charge on any atom is 0.255 e. The summed E-state index contributed by atoms with van der Waals surface area (Å²) in [6, 6.07) is 7.45. The van der Waals surface area contributed by atoms with Crippen LogP contribution in [-0.4, -0.2) is 22.9 Å². The standard InChI is InChI=1S/C20H21N3O3S/c24-17(21-12-14-6-5-11-26-14)13-22-19(25)18-15-7-1-2-8-16(15)27-20(18)23-9-3-4-10-23/h3-6,9-11H,1-2,7-8,12-13H2,(H,21,24)(H,22,25). The van der Waals surface area contributed by atoms with Crippen molar-refractivity contribution in [3.8, 4) is 5.00 Å². The highest BCUT2D eigenvalue weighted by atomic mass is 32.1. The molecule has 2 amide bonds. The van der Waals surface area contributed by atoms with Crippen molar-refractivity contribution in [3.63, 3.8) is 0 Å². The molecule has 3 heterocycles. The Balaban J connectivity index is 1.46. The summed E-state index contributed by atoms with van der Waals surface area (Å²) in [6.07, 6.45) is 9.65. The summed E-state index contributed by atoms with van der Waals surface area (Å²) < 4.78 is 7.17. The van der Waals surface area contributed by atoms with Crippen molar-refractivity contribution in [1.82, 2.24) is 15.2 Å². The number of amides is 2. The first-order valence-corrected chi connectivity index (χ1v) is 9.89. The second-order valence-electron chi connectivity index (χ2n) is 6.52. The van der Waals surface area contributed by atoms with Crippen LogP contribution in [0.3, 0.4) is 0 Å². The van der Waals surface area contributed by atoms with Crippen LogP contribution in [0.1, 0.15) is 39.4 Å². The fourth-order valence-electron chi connectivity index (χ4n) is 3.35. The second kappa shape index (κ2) is 7.84. The van der Waals surface area contributed by atoms with Crippen molar-refractivity contribution < 1.29 is 14.0 Å². The van der Waals surface area contributed by atoms with Gasteiger partial charge in [-0.1, -0.05) is 0 Å². The minimum Gasteiger partial charge on any atom is -0.467 e. The van der Waals surface area contributed by atoms with Gasteiger partial charge in [0.25, 0.3) is 5.91 Å². The quantitative estimate of drug-likeness (QED) is 0.687. The van der Waals surface area contributed by atoms with Crippen LogP contribution in [0.15, 0.2) is 47.3 Å². The van der Waals surface area contributed by atoms with Gasteiger partial charge in [-0.05, 0) is 55.5 Å². The van der Waals surface area contributed by atoms with Crippen LogP contribution in [0.5, 0.6) is 0 Å². The number of carbonyl (C=O) groups excluding carboxylic acids is 2. The van der Waals surface area contributed by atoms with Gasteiger partial charge in [0, 0.05) is 17.3 Å². The molecule has 7 heteroatoms. The van der Waals surface area contributed by atoms with Crippen molar-refractivity contribution in [2.24, 2.45) is 0 Å². The number of rotatable bonds is 6. The van der Waals surface area contributed by atoms with E-state index in [0.717, 1.165) is 36.2 Å². The molecule has 0 fully saturated rings. The average Bonchev–Trinajstić information content (AvgIpc) is 3.44. The molecule has 0 saturated heterocycles. The Morgan fingerprint density at radius 3 is 2.70 bits per heavy atom. The maximum absolute atomic E-state index is 12.9. The van der Waals surface area contributed by atoms with Gasteiger partial charge in [-0.15, -0.1) is 11.3 Å². The highest BCUT2D eigenvalue weighted by Crippen LogP contribution is 2.36. The first-order valence-electron chi connectivity index (χ1n) is 9.07. The summed E-state index contributed by atoms with van der Waals surface area (Å²) in [5, 5.41) is 6.45. The van der Waals surface area contributed by atoms with Gasteiger partial charge in [-0.2, -0.15) is 0 Å². The average molecular weight is 383 g/mol. The molecule has 0 atom stereocenters. The van der Waals surface area contributed by atoms with E-state index in [-0.39, 0.29) is 18.4 Å². The zero-order chi connectivity index (χ0) is 18.6. The fourth-order valence-corrected chi connectivity index (χ4v) is 4.70. The summed E-state index contributed by atoms with van der Waals surface area (Å²) in [6.45, 7) is 0.249. The molecule has 140 valence electrons. The highest BCUT2D eigenvalue weighted by molar-refractivity contribution is 7.15. The summed E-state index contributed by atoms with van der Waals surface area (Å²) in [4.78, 5) is 26.2. The van der Waals surface area contributed by atoms with E-state index < -0.39 is 0 Å². The van der Waals surface area contributed by atoms with E-state index in [1.165, 1.54) is 4.88 Å². The predicted octanol–water partition coefficient (Wildman–Crippen LogP) is 3.06. The zero-order valence-corrected chi connectivity index (χ0v) is 15.7. The van der Waals surface area contributed by atoms with Crippen LogP contribution in [0.4, 0.5) is 0 Å². The first-order chi connectivity index (χ1) is 13.2. The Bertz CT molecular complexity index is 926. The third-order valence-corrected chi connectivity index (χ3v) is 5.97. The van der Waals surface area contributed by atoms with Crippen LogP contribution in [-0.2, 0) is 24.2 Å². The Labute approximate surface area is 161 Å². The lowest BCUT2D eigenvalue weighted by molar-refractivity contribution is -0.120.